The number of hydrogen-bond donors (Lipinski definition) is 2. The number of ether oxygens (including phenoxy) is 1. The Morgan fingerprint density at radius 2 is 2.00 bits per heavy atom. The van der Waals surface area contributed by atoms with Gasteiger partial charge in [0.05, 0.1) is 9.95 Å². The number of H-pyrrole nitrogens is 1. The molecule has 6 nitrogen and oxygen atoms in total. The van der Waals surface area contributed by atoms with Gasteiger partial charge in [-0.2, -0.15) is 0 Å². The minimum atomic E-state index is -0.691. The lowest BCUT2D eigenvalue weighted by Gasteiger charge is -2.26. The highest BCUT2D eigenvalue weighted by Crippen LogP contribution is 2.48. The molecule has 3 aromatic rings. The van der Waals surface area contributed by atoms with Crippen molar-refractivity contribution in [2.45, 2.75) is 5.92 Å². The molecule has 1 unspecified atom stereocenters. The highest BCUT2D eigenvalue weighted by molar-refractivity contribution is 6.35. The second kappa shape index (κ2) is 6.23. The summed E-state index contributed by atoms with van der Waals surface area (Å²) in [6.45, 7) is 0. The first-order valence-corrected chi connectivity index (χ1v) is 8.56. The molecule has 0 saturated carbocycles. The Morgan fingerprint density at radius 3 is 2.73 bits per heavy atom. The summed E-state index contributed by atoms with van der Waals surface area (Å²) in [7, 11) is 1.57. The summed E-state index contributed by atoms with van der Waals surface area (Å²) >= 11 is 12.5. The van der Waals surface area contributed by atoms with Gasteiger partial charge in [0.2, 0.25) is 0 Å². The molecule has 0 radical (unpaired) electrons. The number of aromatic amines is 1. The molecule has 1 aromatic heterocycles. The van der Waals surface area contributed by atoms with E-state index in [1.165, 1.54) is 0 Å². The van der Waals surface area contributed by atoms with Crippen molar-refractivity contribution in [3.8, 4) is 5.75 Å². The van der Waals surface area contributed by atoms with Crippen molar-refractivity contribution in [2.24, 2.45) is 0 Å². The van der Waals surface area contributed by atoms with Crippen molar-refractivity contribution in [2.75, 3.05) is 7.05 Å². The average molecular weight is 390 g/mol. The number of aromatic nitrogens is 1. The summed E-state index contributed by atoms with van der Waals surface area (Å²) in [4.78, 5) is 14.6. The van der Waals surface area contributed by atoms with E-state index in [0.29, 0.717) is 21.4 Å². The Kier molecular flexibility index (Phi) is 4.01. The van der Waals surface area contributed by atoms with Crippen LogP contribution in [0.1, 0.15) is 17.0 Å². The molecule has 1 aliphatic rings. The lowest BCUT2D eigenvalue weighted by Crippen LogP contribution is -2.28. The third-order valence-electron chi connectivity index (χ3n) is 4.41. The molecule has 8 heteroatoms. The van der Waals surface area contributed by atoms with Crippen molar-refractivity contribution in [1.29, 1.82) is 0 Å². The Hall–Kier alpha value is -2.70. The monoisotopic (exact) mass is 389 g/mol. The third-order valence-corrected chi connectivity index (χ3v) is 4.91. The van der Waals surface area contributed by atoms with Crippen LogP contribution in [0.4, 0.5) is 0 Å². The van der Waals surface area contributed by atoms with Crippen LogP contribution in [0, 0.1) is 10.1 Å². The molecule has 0 saturated heterocycles. The Balaban J connectivity index is 2.06. The molecular formula is C18H13Cl2N3O3. The minimum absolute atomic E-state index is 0.0574. The lowest BCUT2D eigenvalue weighted by atomic mass is 9.86. The standard InChI is InChI=1S/C18H13Cl2N3O3/c1-21-18-16(23(24)25)15(11-6-9(19)7-13(20)17(11)26-18)12-8-22-14-5-3-2-4-10(12)14/h2-8,15,21-22H,1H3. The number of benzene rings is 2. The van der Waals surface area contributed by atoms with E-state index >= 15 is 0 Å². The molecule has 0 fully saturated rings. The van der Waals surface area contributed by atoms with E-state index in [1.54, 1.807) is 25.4 Å². The quantitative estimate of drug-likeness (QED) is 0.503. The van der Waals surface area contributed by atoms with Gasteiger partial charge in [-0.25, -0.2) is 0 Å². The number of allylic oxidation sites excluding steroid dienone is 1. The number of halogens is 2. The molecule has 4 rings (SSSR count). The lowest BCUT2D eigenvalue weighted by molar-refractivity contribution is -0.432. The Labute approximate surface area is 158 Å². The van der Waals surface area contributed by atoms with E-state index in [4.69, 9.17) is 27.9 Å². The van der Waals surface area contributed by atoms with Gasteiger partial charge in [-0.3, -0.25) is 10.1 Å². The van der Waals surface area contributed by atoms with Gasteiger partial charge in [0.15, 0.2) is 5.75 Å². The third kappa shape index (κ3) is 2.50. The number of nitrogens with one attached hydrogen (secondary N) is 2. The van der Waals surface area contributed by atoms with Crippen molar-refractivity contribution in [3.63, 3.8) is 0 Å². The van der Waals surface area contributed by atoms with E-state index in [1.807, 2.05) is 24.3 Å². The van der Waals surface area contributed by atoms with Gasteiger partial charge < -0.3 is 15.0 Å². The van der Waals surface area contributed by atoms with Crippen LogP contribution in [0.3, 0.4) is 0 Å². The fourth-order valence-electron chi connectivity index (χ4n) is 3.35. The summed E-state index contributed by atoms with van der Waals surface area (Å²) in [6.07, 6.45) is 1.77. The normalized spacial score (nSPS) is 16.3. The van der Waals surface area contributed by atoms with Crippen molar-refractivity contribution in [1.82, 2.24) is 10.3 Å². The number of para-hydroxylation sites is 1. The number of rotatable bonds is 3. The SMILES string of the molecule is CNC1=C([N+](=O)[O-])C(c2c[nH]c3ccccc23)c2cc(Cl)cc(Cl)c2O1. The van der Waals surface area contributed by atoms with Crippen LogP contribution in [-0.2, 0) is 0 Å². The maximum atomic E-state index is 11.9. The minimum Gasteiger partial charge on any atom is -0.434 e. The molecule has 2 N–H and O–H groups in total. The Morgan fingerprint density at radius 1 is 1.23 bits per heavy atom. The van der Waals surface area contributed by atoms with Gasteiger partial charge in [-0.1, -0.05) is 41.4 Å². The smallest absolute Gasteiger partial charge is 0.317 e. The molecule has 1 atom stereocenters. The fraction of sp³-hybridized carbons (Fsp3) is 0.111. The molecule has 2 aromatic carbocycles. The molecule has 132 valence electrons. The predicted octanol–water partition coefficient (Wildman–Crippen LogP) is 4.66. The zero-order valence-corrected chi connectivity index (χ0v) is 15.1. The number of hydrogen-bond acceptors (Lipinski definition) is 4. The van der Waals surface area contributed by atoms with Gasteiger partial charge in [0.25, 0.3) is 5.88 Å². The maximum Gasteiger partial charge on any atom is 0.317 e. The van der Waals surface area contributed by atoms with E-state index in [9.17, 15) is 10.1 Å². The van der Waals surface area contributed by atoms with Crippen LogP contribution in [0.25, 0.3) is 10.9 Å². The first kappa shape index (κ1) is 16.8. The van der Waals surface area contributed by atoms with Gasteiger partial charge in [-0.15, -0.1) is 0 Å². The molecule has 26 heavy (non-hydrogen) atoms. The molecule has 0 bridgehead atoms. The molecule has 1 aliphatic heterocycles. The van der Waals surface area contributed by atoms with E-state index in [0.717, 1.165) is 16.5 Å². The van der Waals surface area contributed by atoms with E-state index in [-0.39, 0.29) is 11.6 Å². The zero-order chi connectivity index (χ0) is 18.4. The van der Waals surface area contributed by atoms with Crippen molar-refractivity contribution >= 4 is 34.1 Å². The topological polar surface area (TPSA) is 80.2 Å². The molecular weight excluding hydrogens is 377 g/mol. The van der Waals surface area contributed by atoms with Crippen LogP contribution in [0.5, 0.6) is 5.75 Å². The average Bonchev–Trinajstić information content (AvgIpc) is 3.04. The highest BCUT2D eigenvalue weighted by atomic mass is 35.5. The summed E-state index contributed by atoms with van der Waals surface area (Å²) in [6, 6.07) is 10.8. The summed E-state index contributed by atoms with van der Waals surface area (Å²) < 4.78 is 5.71. The van der Waals surface area contributed by atoms with Crippen LogP contribution < -0.4 is 10.1 Å². The molecule has 0 spiro atoms. The largest absolute Gasteiger partial charge is 0.434 e. The second-order valence-electron chi connectivity index (χ2n) is 5.85. The van der Waals surface area contributed by atoms with Crippen molar-refractivity contribution in [3.05, 3.63) is 85.5 Å². The summed E-state index contributed by atoms with van der Waals surface area (Å²) in [5.74, 6) is -0.271. The first-order valence-electron chi connectivity index (χ1n) is 7.80. The Bertz CT molecular complexity index is 1070. The van der Waals surface area contributed by atoms with E-state index in [2.05, 4.69) is 10.3 Å². The summed E-state index contributed by atoms with van der Waals surface area (Å²) in [5, 5.41) is 16.2. The fourth-order valence-corrected chi connectivity index (χ4v) is 3.90. The maximum absolute atomic E-state index is 11.9. The van der Waals surface area contributed by atoms with Crippen LogP contribution in [0.2, 0.25) is 10.0 Å². The second-order valence-corrected chi connectivity index (χ2v) is 6.70. The van der Waals surface area contributed by atoms with Crippen LogP contribution in [0.15, 0.2) is 54.2 Å². The summed E-state index contributed by atoms with van der Waals surface area (Å²) in [5.41, 5.74) is 2.10. The number of nitro groups is 1. The molecule has 0 amide bonds. The van der Waals surface area contributed by atoms with E-state index < -0.39 is 10.8 Å². The zero-order valence-electron chi connectivity index (χ0n) is 13.5. The predicted molar refractivity (Wildman–Crippen MR) is 100 cm³/mol. The van der Waals surface area contributed by atoms with Gasteiger partial charge in [0, 0.05) is 34.7 Å². The first-order chi connectivity index (χ1) is 12.5. The van der Waals surface area contributed by atoms with Crippen LogP contribution >= 0.6 is 23.2 Å². The number of fused-ring (bicyclic) bond motifs is 2. The van der Waals surface area contributed by atoms with Crippen molar-refractivity contribution < 1.29 is 9.66 Å². The van der Waals surface area contributed by atoms with Gasteiger partial charge in [0.1, 0.15) is 5.92 Å². The van der Waals surface area contributed by atoms with Gasteiger partial charge >= 0.3 is 5.70 Å². The van der Waals surface area contributed by atoms with Crippen LogP contribution in [-0.4, -0.2) is 17.0 Å². The number of nitrogens with zero attached hydrogens (tertiary/aromatic N) is 1. The highest BCUT2D eigenvalue weighted by Gasteiger charge is 2.41. The molecule has 0 aliphatic carbocycles. The van der Waals surface area contributed by atoms with Gasteiger partial charge in [-0.05, 0) is 23.8 Å². The molecule has 2 heterocycles.